The molecule has 1 aliphatic heterocycles. The average molecular weight is 346 g/mol. The number of aryl methyl sites for hydroxylation is 1. The molecular formula is C20H20N5O+. The van der Waals surface area contributed by atoms with Crippen molar-refractivity contribution < 1.29 is 9.30 Å². The largest absolute Gasteiger partial charge is 0.497 e. The van der Waals surface area contributed by atoms with Gasteiger partial charge in [-0.05, 0) is 37.3 Å². The van der Waals surface area contributed by atoms with Gasteiger partial charge in [0.2, 0.25) is 11.4 Å². The molecule has 6 nitrogen and oxygen atoms in total. The van der Waals surface area contributed by atoms with E-state index in [-0.39, 0.29) is 0 Å². The zero-order chi connectivity index (χ0) is 18.3. The van der Waals surface area contributed by atoms with Crippen molar-refractivity contribution in [3.63, 3.8) is 0 Å². The molecule has 26 heavy (non-hydrogen) atoms. The molecule has 0 unspecified atom stereocenters. The number of nitrogens with two attached hydrogens (primary N) is 1. The van der Waals surface area contributed by atoms with Crippen LogP contribution in [0.4, 0.5) is 11.5 Å². The number of methoxy groups -OCH3 is 1. The van der Waals surface area contributed by atoms with Crippen molar-refractivity contribution in [2.45, 2.75) is 6.92 Å². The molecule has 0 spiro atoms. The van der Waals surface area contributed by atoms with E-state index < -0.39 is 0 Å². The molecule has 2 aromatic heterocycles. The second-order valence-corrected chi connectivity index (χ2v) is 6.16. The van der Waals surface area contributed by atoms with Gasteiger partial charge in [-0.15, -0.1) is 0 Å². The Hall–Kier alpha value is -3.41. The first-order valence-electron chi connectivity index (χ1n) is 8.33. The van der Waals surface area contributed by atoms with Gasteiger partial charge in [0, 0.05) is 24.7 Å². The molecule has 0 atom stereocenters. The molecule has 0 amide bonds. The summed E-state index contributed by atoms with van der Waals surface area (Å²) in [4.78, 5) is 4.82. The predicted octanol–water partition coefficient (Wildman–Crippen LogP) is 2.71. The van der Waals surface area contributed by atoms with Gasteiger partial charge < -0.3 is 10.5 Å². The van der Waals surface area contributed by atoms with E-state index in [4.69, 9.17) is 15.5 Å². The second-order valence-electron chi connectivity index (χ2n) is 6.16. The van der Waals surface area contributed by atoms with Crippen LogP contribution in [0.2, 0.25) is 0 Å². The number of hydrogen-bond acceptors (Lipinski definition) is 4. The lowest BCUT2D eigenvalue weighted by molar-refractivity contribution is -0.577. The van der Waals surface area contributed by atoms with Crippen LogP contribution in [0, 0.1) is 0 Å². The maximum Gasteiger partial charge on any atom is 0.237 e. The van der Waals surface area contributed by atoms with Gasteiger partial charge in [0.15, 0.2) is 6.20 Å². The molecule has 2 N–H and O–H groups in total. The van der Waals surface area contributed by atoms with Gasteiger partial charge in [0.25, 0.3) is 0 Å². The molecule has 0 bridgehead atoms. The fourth-order valence-electron chi connectivity index (χ4n) is 3.20. The van der Waals surface area contributed by atoms with Gasteiger partial charge >= 0.3 is 0 Å². The van der Waals surface area contributed by atoms with Crippen LogP contribution in [0.15, 0.2) is 65.4 Å². The SMILES string of the molecule is COc1ccc(C2=C(C)/C(=N\c3cnn(C)c3N)c3cccc[n+]32)cc1. The normalized spacial score (nSPS) is 14.8. The number of rotatable bonds is 3. The van der Waals surface area contributed by atoms with Crippen molar-refractivity contribution >= 4 is 22.9 Å². The van der Waals surface area contributed by atoms with Gasteiger partial charge in [0.1, 0.15) is 23.0 Å². The Morgan fingerprint density at radius 3 is 2.58 bits per heavy atom. The van der Waals surface area contributed by atoms with Crippen molar-refractivity contribution in [2.75, 3.05) is 12.8 Å². The third-order valence-electron chi connectivity index (χ3n) is 4.61. The molecule has 3 heterocycles. The van der Waals surface area contributed by atoms with Crippen LogP contribution in [0.5, 0.6) is 5.75 Å². The van der Waals surface area contributed by atoms with Gasteiger partial charge in [0.05, 0.1) is 18.9 Å². The second kappa shape index (κ2) is 6.15. The third-order valence-corrected chi connectivity index (χ3v) is 4.61. The Morgan fingerprint density at radius 1 is 1.15 bits per heavy atom. The first kappa shape index (κ1) is 16.1. The van der Waals surface area contributed by atoms with Crippen LogP contribution in [-0.2, 0) is 7.05 Å². The lowest BCUT2D eigenvalue weighted by Gasteiger charge is -2.02. The van der Waals surface area contributed by atoms with Crippen molar-refractivity contribution in [1.29, 1.82) is 0 Å². The quantitative estimate of drug-likeness (QED) is 0.742. The van der Waals surface area contributed by atoms with E-state index in [1.165, 1.54) is 0 Å². The molecule has 1 aliphatic rings. The molecule has 0 aliphatic carbocycles. The lowest BCUT2D eigenvalue weighted by Crippen LogP contribution is -2.34. The highest BCUT2D eigenvalue weighted by atomic mass is 16.5. The van der Waals surface area contributed by atoms with Gasteiger partial charge in [-0.25, -0.2) is 4.99 Å². The first-order valence-corrected chi connectivity index (χ1v) is 8.33. The van der Waals surface area contributed by atoms with Gasteiger partial charge in [-0.1, -0.05) is 0 Å². The zero-order valence-electron chi connectivity index (χ0n) is 15.0. The van der Waals surface area contributed by atoms with E-state index in [0.717, 1.165) is 34.0 Å². The number of pyridine rings is 1. The van der Waals surface area contributed by atoms with Crippen molar-refractivity contribution in [1.82, 2.24) is 9.78 Å². The van der Waals surface area contributed by atoms with Gasteiger partial charge in [-0.2, -0.15) is 9.67 Å². The summed E-state index contributed by atoms with van der Waals surface area (Å²) in [6, 6.07) is 14.1. The highest BCUT2D eigenvalue weighted by Crippen LogP contribution is 2.29. The predicted molar refractivity (Wildman–Crippen MR) is 101 cm³/mol. The third kappa shape index (κ3) is 2.47. The van der Waals surface area contributed by atoms with Gasteiger partial charge in [-0.3, -0.25) is 4.68 Å². The summed E-state index contributed by atoms with van der Waals surface area (Å²) in [7, 11) is 3.48. The van der Waals surface area contributed by atoms with Crippen molar-refractivity contribution in [3.05, 3.63) is 71.7 Å². The van der Waals surface area contributed by atoms with Crippen LogP contribution in [0.25, 0.3) is 5.70 Å². The van der Waals surface area contributed by atoms with Crippen LogP contribution in [0.3, 0.4) is 0 Å². The topological polar surface area (TPSA) is 69.3 Å². The minimum absolute atomic E-state index is 0.547. The molecule has 0 saturated carbocycles. The van der Waals surface area contributed by atoms with E-state index in [2.05, 4.69) is 34.8 Å². The van der Waals surface area contributed by atoms with Crippen LogP contribution < -0.4 is 15.0 Å². The monoisotopic (exact) mass is 346 g/mol. The molecule has 6 heteroatoms. The Labute approximate surface area is 151 Å². The number of aliphatic imine (C=N–C) groups is 1. The Morgan fingerprint density at radius 2 is 1.92 bits per heavy atom. The average Bonchev–Trinajstić information content (AvgIpc) is 3.13. The Balaban J connectivity index is 1.90. The highest BCUT2D eigenvalue weighted by Gasteiger charge is 2.34. The number of benzene rings is 1. The number of nitrogen functional groups attached to an aromatic ring is 1. The first-order chi connectivity index (χ1) is 12.6. The molecule has 0 fully saturated rings. The van der Waals surface area contributed by atoms with E-state index in [0.29, 0.717) is 11.5 Å². The highest BCUT2D eigenvalue weighted by molar-refractivity contribution is 6.17. The number of allylic oxidation sites excluding steroid dienone is 1. The minimum atomic E-state index is 0.547. The van der Waals surface area contributed by atoms with E-state index in [1.807, 2.05) is 37.5 Å². The van der Waals surface area contributed by atoms with E-state index in [9.17, 15) is 0 Å². The number of nitrogens with zero attached hydrogens (tertiary/aromatic N) is 4. The lowest BCUT2D eigenvalue weighted by atomic mass is 10.1. The molecule has 3 aromatic rings. The maximum absolute atomic E-state index is 6.08. The van der Waals surface area contributed by atoms with Crippen LogP contribution in [0.1, 0.15) is 18.2 Å². The molecule has 4 rings (SSSR count). The van der Waals surface area contributed by atoms with Crippen LogP contribution >= 0.6 is 0 Å². The summed E-state index contributed by atoms with van der Waals surface area (Å²) in [6.45, 7) is 2.08. The molecular weight excluding hydrogens is 326 g/mol. The van der Waals surface area contributed by atoms with Crippen molar-refractivity contribution in [2.24, 2.45) is 12.0 Å². The van der Waals surface area contributed by atoms with Crippen LogP contribution in [-0.4, -0.2) is 22.6 Å². The fourth-order valence-corrected chi connectivity index (χ4v) is 3.20. The number of anilines is 1. The molecule has 130 valence electrons. The summed E-state index contributed by atoms with van der Waals surface area (Å²) in [5.41, 5.74) is 12.0. The summed E-state index contributed by atoms with van der Waals surface area (Å²) < 4.78 is 9.05. The standard InChI is InChI=1S/C20H19N5O/c1-13-18(23-16-12-22-24(2)20(16)21)17-6-4-5-11-25(17)19(13)14-7-9-15(26-3)10-8-14/h4-12,21H,1-3H3/p+1. The van der Waals surface area contributed by atoms with E-state index in [1.54, 1.807) is 18.0 Å². The number of hydrogen-bond donors (Lipinski definition) is 1. The summed E-state index contributed by atoms with van der Waals surface area (Å²) >= 11 is 0. The number of aromatic nitrogens is 3. The number of fused-ring (bicyclic) bond motifs is 1. The molecule has 0 radical (unpaired) electrons. The molecule has 0 saturated heterocycles. The number of ether oxygens (including phenoxy) is 1. The Kier molecular flexibility index (Phi) is 3.80. The fraction of sp³-hybridized carbons (Fsp3) is 0.150. The van der Waals surface area contributed by atoms with E-state index >= 15 is 0 Å². The zero-order valence-corrected chi connectivity index (χ0v) is 15.0. The minimum Gasteiger partial charge on any atom is -0.497 e. The summed E-state index contributed by atoms with van der Waals surface area (Å²) in [5, 5.41) is 4.18. The maximum atomic E-state index is 6.08. The molecule has 1 aromatic carbocycles. The summed E-state index contributed by atoms with van der Waals surface area (Å²) in [5.74, 6) is 1.38. The Bertz CT molecular complexity index is 1040. The summed E-state index contributed by atoms with van der Waals surface area (Å²) in [6.07, 6.45) is 3.74. The smallest absolute Gasteiger partial charge is 0.237 e. The van der Waals surface area contributed by atoms with Crippen molar-refractivity contribution in [3.8, 4) is 5.75 Å².